The third kappa shape index (κ3) is 5.22. The van der Waals surface area contributed by atoms with E-state index < -0.39 is 17.2 Å². The number of piperidine rings is 1. The van der Waals surface area contributed by atoms with Crippen LogP contribution >= 0.6 is 11.3 Å². The quantitative estimate of drug-likeness (QED) is 0.149. The first-order valence-corrected chi connectivity index (χ1v) is 20.3. The number of benzene rings is 3. The van der Waals surface area contributed by atoms with Gasteiger partial charge in [0.2, 0.25) is 0 Å². The van der Waals surface area contributed by atoms with Gasteiger partial charge >= 0.3 is 0 Å². The number of aliphatic hydroxyl groups is 1. The normalized spacial score (nSPS) is 22.6. The zero-order valence-corrected chi connectivity index (χ0v) is 32.9. The second-order valence-corrected chi connectivity index (χ2v) is 16.4. The van der Waals surface area contributed by atoms with Crippen molar-refractivity contribution in [3.8, 4) is 28.0 Å². The Hall–Kier alpha value is -5.60. The topological polar surface area (TPSA) is 146 Å². The second kappa shape index (κ2) is 13.2. The molecule has 4 aliphatic rings. The Morgan fingerprint density at radius 1 is 0.772 bits per heavy atom. The maximum atomic E-state index is 14.7. The highest BCUT2D eigenvalue weighted by Gasteiger charge is 2.58. The fourth-order valence-corrected chi connectivity index (χ4v) is 10.4. The fourth-order valence-electron chi connectivity index (χ4n) is 9.71. The number of carbonyl (C=O) groups is 2. The van der Waals surface area contributed by atoms with Gasteiger partial charge in [0, 0.05) is 54.1 Å². The Morgan fingerprint density at radius 2 is 1.42 bits per heavy atom. The van der Waals surface area contributed by atoms with Gasteiger partial charge in [0.05, 0.1) is 23.2 Å². The molecule has 4 aliphatic heterocycles. The molecule has 10 rings (SSSR count). The van der Waals surface area contributed by atoms with E-state index in [1.54, 1.807) is 11.3 Å². The lowest BCUT2D eigenvalue weighted by Gasteiger charge is -2.49. The van der Waals surface area contributed by atoms with Gasteiger partial charge in [-0.05, 0) is 104 Å². The number of fused-ring (bicyclic) bond motifs is 2. The molecular weight excluding hydrogens is 741 g/mol. The molecule has 57 heavy (non-hydrogen) atoms. The third-order valence-corrected chi connectivity index (χ3v) is 13.1. The van der Waals surface area contributed by atoms with Crippen LogP contribution < -0.4 is 15.4 Å². The van der Waals surface area contributed by atoms with Crippen LogP contribution in [0.5, 0.6) is 5.75 Å². The summed E-state index contributed by atoms with van der Waals surface area (Å²) in [6, 6.07) is 22.0. The summed E-state index contributed by atoms with van der Waals surface area (Å²) in [7, 11) is 0. The van der Waals surface area contributed by atoms with Crippen molar-refractivity contribution in [2.24, 2.45) is 0 Å². The van der Waals surface area contributed by atoms with E-state index in [4.69, 9.17) is 13.8 Å². The lowest BCUT2D eigenvalue weighted by Crippen LogP contribution is -2.65. The molecule has 2 saturated heterocycles. The van der Waals surface area contributed by atoms with Crippen molar-refractivity contribution in [3.63, 3.8) is 0 Å². The Morgan fingerprint density at radius 3 is 2.07 bits per heavy atom. The molecule has 290 valence electrons. The van der Waals surface area contributed by atoms with Gasteiger partial charge in [-0.1, -0.05) is 46.7 Å². The molecule has 0 saturated carbocycles. The van der Waals surface area contributed by atoms with E-state index in [0.29, 0.717) is 62.0 Å². The summed E-state index contributed by atoms with van der Waals surface area (Å²) in [4.78, 5) is 33.5. The molecule has 0 bridgehead atoms. The van der Waals surface area contributed by atoms with Gasteiger partial charge in [-0.3, -0.25) is 19.4 Å². The Labute approximate surface area is 333 Å². The summed E-state index contributed by atoms with van der Waals surface area (Å²) in [5.41, 5.74) is 7.56. The molecular formula is C44H42N6O6S. The Bertz CT molecular complexity index is 2510. The number of anilines is 2. The van der Waals surface area contributed by atoms with Gasteiger partial charge in [0.1, 0.15) is 23.4 Å². The number of nitrogens with one attached hydrogen (secondary N) is 2. The van der Waals surface area contributed by atoms with E-state index in [9.17, 15) is 14.7 Å². The SMILES string of the molecule is Cc1noc(C)c1-c1ccc2c(c1)C(c1ccccc1)(N1CC(Oc3cc(-c4c(C)noc4C)cc4c3NC(=O)C4(c3ccsc3)N3CCC(O)CC3)C1)C(=O)N2. The molecule has 2 fully saturated rings. The summed E-state index contributed by atoms with van der Waals surface area (Å²) in [6.45, 7) is 9.60. The summed E-state index contributed by atoms with van der Waals surface area (Å²) in [5.74, 6) is 1.64. The summed E-state index contributed by atoms with van der Waals surface area (Å²) in [6.07, 6.45) is 0.419. The number of nitrogens with zero attached hydrogens (tertiary/aromatic N) is 4. The average molecular weight is 783 g/mol. The molecule has 3 N–H and O–H groups in total. The van der Waals surface area contributed by atoms with Crippen LogP contribution in [0.15, 0.2) is 86.5 Å². The monoisotopic (exact) mass is 782 g/mol. The standard InChI is InChI=1S/C44H42N6O6S/c1-24-38(26(3)55-47-24)28-10-11-36-34(18-28)43(41(52)45-36,30-8-6-5-7-9-30)50-21-33(22-50)54-37-20-29(39-25(2)48-56-27(39)4)19-35-40(37)46-42(53)44(35,31-14-17-57-23-31)49-15-12-32(51)13-16-49/h5-11,14,17-20,23,32-33,51H,12-13,15-16,21-22H2,1-4H3,(H,45,52)(H,46,53). The number of carbonyl (C=O) groups excluding carboxylic acids is 2. The molecule has 6 aromatic rings. The molecule has 2 atom stereocenters. The van der Waals surface area contributed by atoms with Crippen molar-refractivity contribution >= 4 is 34.5 Å². The maximum absolute atomic E-state index is 14.7. The van der Waals surface area contributed by atoms with Crippen LogP contribution in [0.4, 0.5) is 11.4 Å². The van der Waals surface area contributed by atoms with Crippen LogP contribution in [0, 0.1) is 27.7 Å². The van der Waals surface area contributed by atoms with Crippen LogP contribution in [0.1, 0.15) is 58.0 Å². The van der Waals surface area contributed by atoms with Crippen molar-refractivity contribution < 1.29 is 28.5 Å². The highest BCUT2D eigenvalue weighted by atomic mass is 32.1. The minimum Gasteiger partial charge on any atom is -0.486 e. The minimum absolute atomic E-state index is 0.126. The van der Waals surface area contributed by atoms with Gasteiger partial charge in [0.25, 0.3) is 11.8 Å². The third-order valence-electron chi connectivity index (χ3n) is 12.4. The fraction of sp³-hybridized carbons (Fsp3) is 0.318. The molecule has 7 heterocycles. The lowest BCUT2D eigenvalue weighted by molar-refractivity contribution is -0.132. The number of hydrogen-bond acceptors (Lipinski definition) is 11. The first kappa shape index (κ1) is 35.8. The first-order chi connectivity index (χ1) is 27.6. The minimum atomic E-state index is -1.13. The number of rotatable bonds is 8. The Balaban J connectivity index is 1.06. The van der Waals surface area contributed by atoms with E-state index >= 15 is 0 Å². The van der Waals surface area contributed by atoms with E-state index in [2.05, 4.69) is 42.9 Å². The van der Waals surface area contributed by atoms with Crippen LogP contribution in [0.2, 0.25) is 0 Å². The molecule has 12 nitrogen and oxygen atoms in total. The molecule has 0 radical (unpaired) electrons. The van der Waals surface area contributed by atoms with Crippen molar-refractivity contribution in [2.45, 2.75) is 63.8 Å². The lowest BCUT2D eigenvalue weighted by atomic mass is 9.79. The highest BCUT2D eigenvalue weighted by molar-refractivity contribution is 7.08. The molecule has 2 amide bonds. The number of aryl methyl sites for hydroxylation is 4. The van der Waals surface area contributed by atoms with Crippen molar-refractivity contribution in [3.05, 3.63) is 123 Å². The van der Waals surface area contributed by atoms with Crippen LogP contribution in [-0.4, -0.2) is 75.4 Å². The molecule has 0 spiro atoms. The highest BCUT2D eigenvalue weighted by Crippen LogP contribution is 2.54. The Kier molecular flexibility index (Phi) is 8.31. The summed E-state index contributed by atoms with van der Waals surface area (Å²) >= 11 is 1.55. The van der Waals surface area contributed by atoms with E-state index in [-0.39, 0.29) is 17.9 Å². The predicted molar refractivity (Wildman–Crippen MR) is 215 cm³/mol. The zero-order chi connectivity index (χ0) is 39.2. The van der Waals surface area contributed by atoms with Crippen molar-refractivity contribution in [1.29, 1.82) is 0 Å². The number of aromatic nitrogens is 2. The van der Waals surface area contributed by atoms with Crippen LogP contribution in [0.3, 0.4) is 0 Å². The van der Waals surface area contributed by atoms with Crippen molar-refractivity contribution in [1.82, 2.24) is 20.1 Å². The van der Waals surface area contributed by atoms with E-state index in [1.165, 1.54) is 0 Å². The van der Waals surface area contributed by atoms with E-state index in [0.717, 1.165) is 61.6 Å². The smallest absolute Gasteiger partial charge is 0.254 e. The van der Waals surface area contributed by atoms with Gasteiger partial charge < -0.3 is 29.5 Å². The van der Waals surface area contributed by atoms with Gasteiger partial charge in [-0.2, -0.15) is 11.3 Å². The molecule has 0 aliphatic carbocycles. The number of hydrogen-bond donors (Lipinski definition) is 3. The number of thiophene rings is 1. The van der Waals surface area contributed by atoms with Crippen LogP contribution in [-0.2, 0) is 20.7 Å². The number of aliphatic hydroxyl groups excluding tert-OH is 1. The summed E-state index contributed by atoms with van der Waals surface area (Å²) < 4.78 is 18.1. The van der Waals surface area contributed by atoms with Gasteiger partial charge in [0.15, 0.2) is 11.1 Å². The molecule has 3 aromatic heterocycles. The molecule has 2 unspecified atom stereocenters. The first-order valence-electron chi connectivity index (χ1n) is 19.4. The predicted octanol–water partition coefficient (Wildman–Crippen LogP) is 6.90. The summed E-state index contributed by atoms with van der Waals surface area (Å²) in [5, 5.41) is 29.4. The molecule has 13 heteroatoms. The number of likely N-dealkylation sites (tertiary alicyclic amines) is 2. The number of ether oxygens (including phenoxy) is 1. The molecule has 3 aromatic carbocycles. The largest absolute Gasteiger partial charge is 0.486 e. The second-order valence-electron chi connectivity index (χ2n) is 15.6. The average Bonchev–Trinajstić information content (AvgIpc) is 4.02. The maximum Gasteiger partial charge on any atom is 0.254 e. The van der Waals surface area contributed by atoms with E-state index in [1.807, 2.05) is 93.1 Å². The van der Waals surface area contributed by atoms with Gasteiger partial charge in [-0.25, -0.2) is 0 Å². The number of amides is 2. The van der Waals surface area contributed by atoms with Crippen LogP contribution in [0.25, 0.3) is 22.3 Å². The zero-order valence-electron chi connectivity index (χ0n) is 32.1. The van der Waals surface area contributed by atoms with Gasteiger partial charge in [-0.15, -0.1) is 0 Å². The van der Waals surface area contributed by atoms with Crippen molar-refractivity contribution in [2.75, 3.05) is 36.8 Å².